The van der Waals surface area contributed by atoms with Crippen LogP contribution in [0.5, 0.6) is 0 Å². The maximum atomic E-state index is 12.0. The number of rotatable bonds is 4. The maximum Gasteiger partial charge on any atom is 0.224 e. The van der Waals surface area contributed by atoms with Crippen molar-refractivity contribution in [3.8, 4) is 0 Å². The number of carbonyl (C=O) groups is 1. The Bertz CT molecular complexity index is 260. The van der Waals surface area contributed by atoms with Gasteiger partial charge in [0.25, 0.3) is 0 Å². The van der Waals surface area contributed by atoms with Gasteiger partial charge in [-0.15, -0.1) is 0 Å². The fraction of sp³-hybridized carbons (Fsp3) is 0.933. The quantitative estimate of drug-likeness (QED) is 0.772. The highest BCUT2D eigenvalue weighted by Crippen LogP contribution is 2.24. The molecule has 0 aromatic carbocycles. The Morgan fingerprint density at radius 2 is 1.83 bits per heavy atom. The van der Waals surface area contributed by atoms with Gasteiger partial charge in [0.15, 0.2) is 0 Å². The van der Waals surface area contributed by atoms with Crippen molar-refractivity contribution in [3.05, 3.63) is 0 Å². The molecular formula is C15H29NO2. The van der Waals surface area contributed by atoms with Gasteiger partial charge < -0.3 is 9.64 Å². The molecule has 3 heteroatoms. The predicted molar refractivity (Wildman–Crippen MR) is 74.5 cm³/mol. The van der Waals surface area contributed by atoms with Gasteiger partial charge >= 0.3 is 0 Å². The molecule has 0 radical (unpaired) electrons. The number of amides is 1. The Kier molecular flexibility index (Phi) is 5.64. The van der Waals surface area contributed by atoms with Crippen molar-refractivity contribution in [2.45, 2.75) is 59.5 Å². The summed E-state index contributed by atoms with van der Waals surface area (Å²) in [6, 6.07) is 0. The van der Waals surface area contributed by atoms with Crippen LogP contribution in [0.3, 0.4) is 0 Å². The molecule has 0 aromatic heterocycles. The number of hydrogen-bond acceptors (Lipinski definition) is 2. The number of ether oxygens (including phenoxy) is 1. The van der Waals surface area contributed by atoms with Crippen molar-refractivity contribution in [3.63, 3.8) is 0 Å². The molecule has 1 rings (SSSR count). The highest BCUT2D eigenvalue weighted by atomic mass is 16.5. The zero-order valence-corrected chi connectivity index (χ0v) is 12.7. The van der Waals surface area contributed by atoms with Crippen LogP contribution >= 0.6 is 0 Å². The highest BCUT2D eigenvalue weighted by Gasteiger charge is 2.24. The molecule has 1 aliphatic rings. The Hall–Kier alpha value is -0.570. The molecule has 106 valence electrons. The van der Waals surface area contributed by atoms with Gasteiger partial charge in [0, 0.05) is 13.1 Å². The smallest absolute Gasteiger partial charge is 0.224 e. The van der Waals surface area contributed by atoms with E-state index < -0.39 is 0 Å². The molecular weight excluding hydrogens is 226 g/mol. The normalized spacial score (nSPS) is 18.4. The summed E-state index contributed by atoms with van der Waals surface area (Å²) in [6.45, 7) is 13.0. The number of likely N-dealkylation sites (tertiary alicyclic amines) is 1. The van der Waals surface area contributed by atoms with E-state index in [1.54, 1.807) is 0 Å². The van der Waals surface area contributed by atoms with Gasteiger partial charge in [-0.25, -0.2) is 0 Å². The van der Waals surface area contributed by atoms with Crippen molar-refractivity contribution in [1.82, 2.24) is 4.90 Å². The standard InChI is InChI=1S/C15H29NO2/c1-12(2)13-6-9-16(10-7-13)14(17)8-11-18-15(3,4)5/h12-13H,6-11H2,1-5H3. The average Bonchev–Trinajstić information content (AvgIpc) is 2.27. The Labute approximate surface area is 112 Å². The summed E-state index contributed by atoms with van der Waals surface area (Å²) in [5.41, 5.74) is -0.148. The molecule has 1 fully saturated rings. The van der Waals surface area contributed by atoms with Crippen LogP contribution in [0.1, 0.15) is 53.9 Å². The van der Waals surface area contributed by atoms with Gasteiger partial charge in [-0.2, -0.15) is 0 Å². The van der Waals surface area contributed by atoms with E-state index >= 15 is 0 Å². The fourth-order valence-corrected chi connectivity index (χ4v) is 2.42. The molecule has 1 aliphatic heterocycles. The maximum absolute atomic E-state index is 12.0. The topological polar surface area (TPSA) is 29.5 Å². The second kappa shape index (κ2) is 6.55. The summed E-state index contributed by atoms with van der Waals surface area (Å²) >= 11 is 0. The summed E-state index contributed by atoms with van der Waals surface area (Å²) in [4.78, 5) is 14.0. The number of piperidine rings is 1. The van der Waals surface area contributed by atoms with Gasteiger partial charge in [0.1, 0.15) is 0 Å². The van der Waals surface area contributed by atoms with Crippen molar-refractivity contribution < 1.29 is 9.53 Å². The number of nitrogens with zero attached hydrogens (tertiary/aromatic N) is 1. The first-order chi connectivity index (χ1) is 8.29. The first-order valence-corrected chi connectivity index (χ1v) is 7.21. The third kappa shape index (κ3) is 5.38. The van der Waals surface area contributed by atoms with E-state index in [1.165, 1.54) is 0 Å². The molecule has 0 bridgehead atoms. The van der Waals surface area contributed by atoms with Gasteiger partial charge in [0.05, 0.1) is 18.6 Å². The fourth-order valence-electron chi connectivity index (χ4n) is 2.42. The first kappa shape index (κ1) is 15.5. The van der Waals surface area contributed by atoms with E-state index in [0.717, 1.165) is 37.8 Å². The lowest BCUT2D eigenvalue weighted by atomic mass is 9.86. The predicted octanol–water partition coefficient (Wildman–Crippen LogP) is 3.09. The summed E-state index contributed by atoms with van der Waals surface area (Å²) in [7, 11) is 0. The lowest BCUT2D eigenvalue weighted by Crippen LogP contribution is -2.40. The Morgan fingerprint density at radius 1 is 1.28 bits per heavy atom. The van der Waals surface area contributed by atoms with Crippen LogP contribution in [0, 0.1) is 11.8 Å². The van der Waals surface area contributed by atoms with Crippen LogP contribution in [0.2, 0.25) is 0 Å². The minimum atomic E-state index is -0.148. The van der Waals surface area contributed by atoms with Crippen molar-refractivity contribution in [2.75, 3.05) is 19.7 Å². The van der Waals surface area contributed by atoms with E-state index in [9.17, 15) is 4.79 Å². The van der Waals surface area contributed by atoms with Crippen molar-refractivity contribution in [1.29, 1.82) is 0 Å². The molecule has 3 nitrogen and oxygen atoms in total. The Morgan fingerprint density at radius 3 is 2.28 bits per heavy atom. The van der Waals surface area contributed by atoms with E-state index in [4.69, 9.17) is 4.74 Å². The minimum absolute atomic E-state index is 0.148. The van der Waals surface area contributed by atoms with Crippen LogP contribution in [-0.2, 0) is 9.53 Å². The van der Waals surface area contributed by atoms with Gasteiger partial charge in [0.2, 0.25) is 5.91 Å². The molecule has 0 spiro atoms. The van der Waals surface area contributed by atoms with Gasteiger partial charge in [-0.05, 0) is 45.4 Å². The van der Waals surface area contributed by atoms with E-state index in [0.29, 0.717) is 13.0 Å². The lowest BCUT2D eigenvalue weighted by Gasteiger charge is -2.34. The summed E-state index contributed by atoms with van der Waals surface area (Å²) in [6.07, 6.45) is 2.83. The third-order valence-electron chi connectivity index (χ3n) is 3.69. The molecule has 0 unspecified atom stereocenters. The molecule has 1 saturated heterocycles. The molecule has 0 atom stereocenters. The van der Waals surface area contributed by atoms with Crippen LogP contribution in [0.4, 0.5) is 0 Å². The third-order valence-corrected chi connectivity index (χ3v) is 3.69. The van der Waals surface area contributed by atoms with Gasteiger partial charge in [-0.3, -0.25) is 4.79 Å². The average molecular weight is 255 g/mol. The van der Waals surface area contributed by atoms with Crippen LogP contribution < -0.4 is 0 Å². The zero-order valence-electron chi connectivity index (χ0n) is 12.7. The van der Waals surface area contributed by atoms with Crippen LogP contribution in [0.15, 0.2) is 0 Å². The molecule has 1 heterocycles. The molecule has 0 aromatic rings. The molecule has 0 saturated carbocycles. The summed E-state index contributed by atoms with van der Waals surface area (Å²) in [5, 5.41) is 0. The van der Waals surface area contributed by atoms with E-state index in [-0.39, 0.29) is 11.5 Å². The molecule has 0 aliphatic carbocycles. The van der Waals surface area contributed by atoms with E-state index in [2.05, 4.69) is 13.8 Å². The number of hydrogen-bond donors (Lipinski definition) is 0. The molecule has 1 amide bonds. The largest absolute Gasteiger partial charge is 0.375 e. The van der Waals surface area contributed by atoms with Crippen LogP contribution in [-0.4, -0.2) is 36.1 Å². The zero-order chi connectivity index (χ0) is 13.8. The second-order valence-corrected chi connectivity index (χ2v) is 6.67. The molecule has 0 N–H and O–H groups in total. The number of carbonyl (C=O) groups excluding carboxylic acids is 1. The lowest BCUT2D eigenvalue weighted by molar-refractivity contribution is -0.135. The summed E-state index contributed by atoms with van der Waals surface area (Å²) in [5.74, 6) is 1.79. The van der Waals surface area contributed by atoms with Crippen molar-refractivity contribution >= 4 is 5.91 Å². The highest BCUT2D eigenvalue weighted by molar-refractivity contribution is 5.76. The first-order valence-electron chi connectivity index (χ1n) is 7.21. The SMILES string of the molecule is CC(C)C1CCN(C(=O)CCOC(C)(C)C)CC1. The Balaban J connectivity index is 2.24. The minimum Gasteiger partial charge on any atom is -0.375 e. The van der Waals surface area contributed by atoms with Gasteiger partial charge in [-0.1, -0.05) is 13.8 Å². The molecule has 18 heavy (non-hydrogen) atoms. The van der Waals surface area contributed by atoms with Crippen molar-refractivity contribution in [2.24, 2.45) is 11.8 Å². The monoisotopic (exact) mass is 255 g/mol. The summed E-state index contributed by atoms with van der Waals surface area (Å²) < 4.78 is 5.60. The van der Waals surface area contributed by atoms with Crippen LogP contribution in [0.25, 0.3) is 0 Å². The van der Waals surface area contributed by atoms with E-state index in [1.807, 2.05) is 25.7 Å². The second-order valence-electron chi connectivity index (χ2n) is 6.67.